The lowest BCUT2D eigenvalue weighted by Crippen LogP contribution is -2.15. The molecule has 0 saturated carbocycles. The van der Waals surface area contributed by atoms with E-state index in [1.807, 2.05) is 6.92 Å². The first-order chi connectivity index (χ1) is 9.02. The average Bonchev–Trinajstić information content (AvgIpc) is 2.37. The number of aliphatic imine (C=N–C) groups is 1. The average molecular weight is 280 g/mol. The molecular formula is C15H24N2OS. The van der Waals surface area contributed by atoms with Crippen molar-refractivity contribution in [3.05, 3.63) is 35.4 Å². The predicted molar refractivity (Wildman–Crippen MR) is 84.8 cm³/mol. The molecule has 2 N–H and O–H groups in total. The van der Waals surface area contributed by atoms with Gasteiger partial charge in [-0.3, -0.25) is 4.99 Å². The fourth-order valence-corrected chi connectivity index (χ4v) is 2.45. The van der Waals surface area contributed by atoms with Crippen LogP contribution in [0.3, 0.4) is 0 Å². The van der Waals surface area contributed by atoms with Gasteiger partial charge in [-0.05, 0) is 24.0 Å². The molecule has 0 fully saturated rings. The maximum absolute atomic E-state index is 5.89. The number of thioether (sulfide) groups is 1. The second-order valence-electron chi connectivity index (χ2n) is 4.96. The zero-order valence-electron chi connectivity index (χ0n) is 12.2. The minimum Gasteiger partial charge on any atom is -0.382 e. The molecule has 106 valence electrons. The molecule has 4 heteroatoms. The molecule has 3 nitrogen and oxygen atoms in total. The van der Waals surface area contributed by atoms with E-state index in [0.717, 1.165) is 5.75 Å². The highest BCUT2D eigenvalue weighted by molar-refractivity contribution is 8.13. The summed E-state index contributed by atoms with van der Waals surface area (Å²) in [5.41, 5.74) is 8.52. The van der Waals surface area contributed by atoms with Crippen LogP contribution in [0.5, 0.6) is 0 Å². The maximum Gasteiger partial charge on any atom is 0.154 e. The Balaban J connectivity index is 2.47. The second kappa shape index (κ2) is 8.23. The number of hydrogen-bond donors (Lipinski definition) is 1. The topological polar surface area (TPSA) is 47.6 Å². The van der Waals surface area contributed by atoms with Crippen molar-refractivity contribution in [2.45, 2.75) is 38.5 Å². The first-order valence-electron chi connectivity index (χ1n) is 6.56. The molecule has 1 aromatic carbocycles. The number of amidine groups is 1. The van der Waals surface area contributed by atoms with Crippen molar-refractivity contribution in [2.75, 3.05) is 13.7 Å². The van der Waals surface area contributed by atoms with Crippen molar-refractivity contribution in [1.29, 1.82) is 0 Å². The summed E-state index contributed by atoms with van der Waals surface area (Å²) in [6.45, 7) is 7.00. The molecule has 0 aliphatic rings. The van der Waals surface area contributed by atoms with Gasteiger partial charge in [0.25, 0.3) is 0 Å². The summed E-state index contributed by atoms with van der Waals surface area (Å²) in [4.78, 5) is 4.36. The van der Waals surface area contributed by atoms with Crippen LogP contribution in [-0.4, -0.2) is 24.9 Å². The molecule has 1 atom stereocenters. The summed E-state index contributed by atoms with van der Waals surface area (Å²) < 4.78 is 5.03. The Morgan fingerprint density at radius 1 is 1.26 bits per heavy atom. The van der Waals surface area contributed by atoms with Crippen molar-refractivity contribution in [1.82, 2.24) is 0 Å². The van der Waals surface area contributed by atoms with Crippen LogP contribution in [0.15, 0.2) is 29.3 Å². The highest BCUT2D eigenvalue weighted by atomic mass is 32.2. The van der Waals surface area contributed by atoms with Crippen molar-refractivity contribution < 1.29 is 4.74 Å². The van der Waals surface area contributed by atoms with E-state index in [1.54, 1.807) is 18.9 Å². The number of hydrogen-bond acceptors (Lipinski definition) is 3. The smallest absolute Gasteiger partial charge is 0.154 e. The van der Waals surface area contributed by atoms with Crippen LogP contribution in [0.4, 0.5) is 0 Å². The van der Waals surface area contributed by atoms with Crippen molar-refractivity contribution in [3.63, 3.8) is 0 Å². The van der Waals surface area contributed by atoms with E-state index in [4.69, 9.17) is 10.5 Å². The van der Waals surface area contributed by atoms with Crippen molar-refractivity contribution >= 4 is 16.9 Å². The summed E-state index contributed by atoms with van der Waals surface area (Å²) in [7, 11) is 1.67. The molecule has 0 amide bonds. The SMILES string of the molecule is COC[C@@H](C)N=C(N)SCc1ccc(C(C)C)cc1. The number of nitrogens with two attached hydrogens (primary N) is 1. The van der Waals surface area contributed by atoms with Gasteiger partial charge in [0.2, 0.25) is 0 Å². The van der Waals surface area contributed by atoms with Gasteiger partial charge in [0.05, 0.1) is 12.6 Å². The third-order valence-corrected chi connectivity index (χ3v) is 3.67. The van der Waals surface area contributed by atoms with Crippen LogP contribution in [0.1, 0.15) is 37.8 Å². The molecule has 0 saturated heterocycles. The Morgan fingerprint density at radius 2 is 1.89 bits per heavy atom. The fourth-order valence-electron chi connectivity index (χ4n) is 1.69. The van der Waals surface area contributed by atoms with Crippen LogP contribution in [0.25, 0.3) is 0 Å². The Bertz CT molecular complexity index is 401. The number of rotatable bonds is 6. The third-order valence-electron chi connectivity index (χ3n) is 2.79. The monoisotopic (exact) mass is 280 g/mol. The lowest BCUT2D eigenvalue weighted by atomic mass is 10.0. The first kappa shape index (κ1) is 16.1. The van der Waals surface area contributed by atoms with Crippen molar-refractivity contribution in [3.8, 4) is 0 Å². The van der Waals surface area contributed by atoms with Crippen LogP contribution < -0.4 is 5.73 Å². The summed E-state index contributed by atoms with van der Waals surface area (Å²) in [6.07, 6.45) is 0. The van der Waals surface area contributed by atoms with E-state index < -0.39 is 0 Å². The predicted octanol–water partition coefficient (Wildman–Crippen LogP) is 3.39. The molecular weight excluding hydrogens is 256 g/mol. The Labute approximate surface area is 120 Å². The fraction of sp³-hybridized carbons (Fsp3) is 0.533. The maximum atomic E-state index is 5.89. The van der Waals surface area contributed by atoms with Crippen LogP contribution in [0, 0.1) is 0 Å². The molecule has 0 bridgehead atoms. The number of benzene rings is 1. The molecule has 0 aliphatic carbocycles. The molecule has 0 radical (unpaired) electrons. The van der Waals surface area contributed by atoms with E-state index in [0.29, 0.717) is 17.7 Å². The van der Waals surface area contributed by atoms with Crippen LogP contribution in [0.2, 0.25) is 0 Å². The lowest BCUT2D eigenvalue weighted by Gasteiger charge is -2.08. The van der Waals surface area contributed by atoms with E-state index in [-0.39, 0.29) is 6.04 Å². The van der Waals surface area contributed by atoms with Crippen molar-refractivity contribution in [2.24, 2.45) is 10.7 Å². The zero-order chi connectivity index (χ0) is 14.3. The normalized spacial score (nSPS) is 13.8. The summed E-state index contributed by atoms with van der Waals surface area (Å²) >= 11 is 1.57. The molecule has 0 aliphatic heterocycles. The van der Waals surface area contributed by atoms with Gasteiger partial charge in [0.1, 0.15) is 0 Å². The van der Waals surface area contributed by atoms with Gasteiger partial charge in [-0.2, -0.15) is 0 Å². The molecule has 19 heavy (non-hydrogen) atoms. The highest BCUT2D eigenvalue weighted by Gasteiger charge is 2.03. The first-order valence-corrected chi connectivity index (χ1v) is 7.55. The van der Waals surface area contributed by atoms with E-state index in [9.17, 15) is 0 Å². The van der Waals surface area contributed by atoms with E-state index in [1.165, 1.54) is 11.1 Å². The van der Waals surface area contributed by atoms with Crippen LogP contribution >= 0.6 is 11.8 Å². The number of nitrogens with zero attached hydrogens (tertiary/aromatic N) is 1. The van der Waals surface area contributed by atoms with Gasteiger partial charge in [-0.1, -0.05) is 49.9 Å². The molecule has 0 unspecified atom stereocenters. The Hall–Kier alpha value is -1.00. The van der Waals surface area contributed by atoms with Gasteiger partial charge < -0.3 is 10.5 Å². The van der Waals surface area contributed by atoms with Gasteiger partial charge in [-0.25, -0.2) is 0 Å². The second-order valence-corrected chi connectivity index (χ2v) is 5.95. The molecule has 0 spiro atoms. The molecule has 1 aromatic rings. The molecule has 1 rings (SSSR count). The minimum absolute atomic E-state index is 0.112. The Morgan fingerprint density at radius 3 is 2.42 bits per heavy atom. The standard InChI is InChI=1S/C15H24N2OS/c1-11(2)14-7-5-13(6-8-14)10-19-15(16)17-12(3)9-18-4/h5-8,11-12H,9-10H2,1-4H3,(H2,16,17)/t12-/m1/s1. The third kappa shape index (κ3) is 6.12. The summed E-state index contributed by atoms with van der Waals surface area (Å²) in [6, 6.07) is 8.80. The minimum atomic E-state index is 0.112. The highest BCUT2D eigenvalue weighted by Crippen LogP contribution is 2.18. The van der Waals surface area contributed by atoms with Gasteiger partial charge >= 0.3 is 0 Å². The largest absolute Gasteiger partial charge is 0.382 e. The summed E-state index contributed by atoms with van der Waals surface area (Å²) in [5, 5.41) is 0.623. The summed E-state index contributed by atoms with van der Waals surface area (Å²) in [5.74, 6) is 1.43. The lowest BCUT2D eigenvalue weighted by molar-refractivity contribution is 0.186. The van der Waals surface area contributed by atoms with Gasteiger partial charge in [0.15, 0.2) is 5.17 Å². The number of ether oxygens (including phenoxy) is 1. The van der Waals surface area contributed by atoms with E-state index in [2.05, 4.69) is 43.1 Å². The quantitative estimate of drug-likeness (QED) is 0.642. The number of methoxy groups -OCH3 is 1. The zero-order valence-corrected chi connectivity index (χ0v) is 13.0. The van der Waals surface area contributed by atoms with Gasteiger partial charge in [0, 0.05) is 12.9 Å². The Kier molecular flexibility index (Phi) is 6.95. The van der Waals surface area contributed by atoms with E-state index >= 15 is 0 Å². The molecule has 0 heterocycles. The molecule has 0 aromatic heterocycles. The van der Waals surface area contributed by atoms with Crippen LogP contribution in [-0.2, 0) is 10.5 Å². The van der Waals surface area contributed by atoms with Gasteiger partial charge in [-0.15, -0.1) is 0 Å².